The van der Waals surface area contributed by atoms with Gasteiger partial charge in [0.05, 0.1) is 0 Å². The summed E-state index contributed by atoms with van der Waals surface area (Å²) in [5, 5.41) is 9.79. The van der Waals surface area contributed by atoms with E-state index in [-0.39, 0.29) is 0 Å². The van der Waals surface area contributed by atoms with Gasteiger partial charge in [0, 0.05) is 0 Å². The average molecular weight is 379 g/mol. The van der Waals surface area contributed by atoms with Crippen molar-refractivity contribution < 1.29 is 5.11 Å². The van der Waals surface area contributed by atoms with Crippen molar-refractivity contribution in [1.82, 2.24) is 0 Å². The van der Waals surface area contributed by atoms with E-state index >= 15 is 0 Å². The summed E-state index contributed by atoms with van der Waals surface area (Å²) >= 11 is 0. The molecule has 0 unspecified atom stereocenters. The molecule has 0 aromatic carbocycles. The molecule has 2 heteroatoms. The van der Waals surface area contributed by atoms with Gasteiger partial charge in [0.15, 0.2) is 0 Å². The van der Waals surface area contributed by atoms with E-state index in [0.717, 1.165) is 12.3 Å². The number of hydrogen-bond acceptors (Lipinski definition) is 1. The molecule has 152 valence electrons. The first-order valence-electron chi connectivity index (χ1n) is 11.2. The van der Waals surface area contributed by atoms with Gasteiger partial charge in [-0.1, -0.05) is 116 Å². The summed E-state index contributed by atoms with van der Waals surface area (Å²) in [6.45, 7) is 11.2. The van der Waals surface area contributed by atoms with Gasteiger partial charge >= 0.3 is 0 Å². The number of hydrogen-bond donors (Lipinski definition) is 1. The molecule has 1 N–H and O–H groups in total. The van der Waals surface area contributed by atoms with Crippen LogP contribution >= 0.6 is 0 Å². The number of unbranched alkanes of at least 4 members (excludes halogenated alkanes) is 11. The van der Waals surface area contributed by atoms with Crippen LogP contribution in [0.1, 0.15) is 97.3 Å². The molecule has 26 heavy (non-hydrogen) atoms. The third kappa shape index (κ3) is 21.5. The summed E-state index contributed by atoms with van der Waals surface area (Å²) in [5.74, 6) is 3.83. The van der Waals surface area contributed by atoms with Crippen molar-refractivity contribution in [1.29, 1.82) is 0 Å². The van der Waals surface area contributed by atoms with Crippen LogP contribution in [-0.2, 0) is 0 Å². The highest BCUT2D eigenvalue weighted by Crippen LogP contribution is 2.14. The quantitative estimate of drug-likeness (QED) is 0.135. The van der Waals surface area contributed by atoms with Crippen molar-refractivity contribution in [3.05, 3.63) is 12.2 Å². The van der Waals surface area contributed by atoms with E-state index < -0.39 is 14.2 Å². The molecule has 1 atom stereocenters. The van der Waals surface area contributed by atoms with Crippen LogP contribution in [0.2, 0.25) is 19.6 Å². The number of aliphatic hydroxyl groups excluding tert-OH is 1. The van der Waals surface area contributed by atoms with Gasteiger partial charge in [-0.3, -0.25) is 0 Å². The molecule has 0 bridgehead atoms. The van der Waals surface area contributed by atoms with Crippen LogP contribution in [0.25, 0.3) is 0 Å². The summed E-state index contributed by atoms with van der Waals surface area (Å²) in [5.41, 5.74) is 3.21. The predicted octanol–water partition coefficient (Wildman–Crippen LogP) is 7.51. The first-order chi connectivity index (χ1) is 12.3. The molecule has 0 spiro atoms. The fraction of sp³-hybridized carbons (Fsp3) is 0.833. The molecule has 0 aliphatic rings. The van der Waals surface area contributed by atoms with Gasteiger partial charge in [0.25, 0.3) is 0 Å². The molecule has 0 rings (SSSR count). The van der Waals surface area contributed by atoms with E-state index in [4.69, 9.17) is 0 Å². The van der Waals surface area contributed by atoms with Crippen LogP contribution in [0.3, 0.4) is 0 Å². The van der Waals surface area contributed by atoms with E-state index in [1.54, 1.807) is 0 Å². The summed E-state index contributed by atoms with van der Waals surface area (Å²) in [6.07, 6.45) is 21.2. The van der Waals surface area contributed by atoms with Crippen molar-refractivity contribution in [2.75, 3.05) is 0 Å². The standard InChI is InChI=1S/C24H46OSi/c1-23(2)19-17-15-13-11-9-7-6-8-10-12-14-16-18-20-24(25)21-22-26(3,4)5/h18,20,23-25H,6-17,19H2,1-5H3/b20-18+/t24-/m1/s1. The van der Waals surface area contributed by atoms with Crippen LogP contribution in [0.5, 0.6) is 0 Å². The Morgan fingerprint density at radius 2 is 1.23 bits per heavy atom. The fourth-order valence-electron chi connectivity index (χ4n) is 2.97. The van der Waals surface area contributed by atoms with Crippen LogP contribution in [0, 0.1) is 17.4 Å². The topological polar surface area (TPSA) is 20.2 Å². The molecule has 0 amide bonds. The van der Waals surface area contributed by atoms with Crippen LogP contribution < -0.4 is 0 Å². The highest BCUT2D eigenvalue weighted by atomic mass is 28.3. The highest BCUT2D eigenvalue weighted by Gasteiger charge is 2.07. The zero-order valence-corrected chi connectivity index (χ0v) is 19.4. The third-order valence-electron chi connectivity index (χ3n) is 4.57. The highest BCUT2D eigenvalue weighted by molar-refractivity contribution is 6.83. The minimum atomic E-state index is -1.37. The van der Waals surface area contributed by atoms with Gasteiger partial charge < -0.3 is 5.11 Å². The first kappa shape index (κ1) is 25.5. The zero-order valence-electron chi connectivity index (χ0n) is 18.4. The maximum atomic E-state index is 9.79. The smallest absolute Gasteiger partial charge is 0.132 e. The fourth-order valence-corrected chi connectivity index (χ4v) is 3.55. The van der Waals surface area contributed by atoms with E-state index in [0.29, 0.717) is 0 Å². The Hall–Kier alpha value is -0.523. The van der Waals surface area contributed by atoms with Gasteiger partial charge in [-0.25, -0.2) is 0 Å². The summed E-state index contributed by atoms with van der Waals surface area (Å²) in [6, 6.07) is 0. The second-order valence-corrected chi connectivity index (χ2v) is 14.0. The molecule has 1 nitrogen and oxygen atoms in total. The van der Waals surface area contributed by atoms with E-state index in [1.165, 1.54) is 77.0 Å². The van der Waals surface area contributed by atoms with Crippen LogP contribution in [-0.4, -0.2) is 19.3 Å². The molecular weight excluding hydrogens is 332 g/mol. The minimum absolute atomic E-state index is 0.577. The largest absolute Gasteiger partial charge is 0.377 e. The molecular formula is C24H46OSi. The van der Waals surface area contributed by atoms with Gasteiger partial charge in [-0.2, -0.15) is 0 Å². The lowest BCUT2D eigenvalue weighted by molar-refractivity contribution is 0.280. The third-order valence-corrected chi connectivity index (χ3v) is 5.46. The maximum Gasteiger partial charge on any atom is 0.132 e. The molecule has 0 aliphatic heterocycles. The minimum Gasteiger partial charge on any atom is -0.377 e. The SMILES string of the molecule is CC(C)CCCCCCCCCCCCC/C=C/[C@@H](O)C#C[Si](C)(C)C. The zero-order chi connectivity index (χ0) is 19.7. The van der Waals surface area contributed by atoms with Gasteiger partial charge in [-0.15, -0.1) is 5.54 Å². The molecule has 0 heterocycles. The molecule has 0 aromatic heterocycles. The van der Waals surface area contributed by atoms with Crippen molar-refractivity contribution in [3.63, 3.8) is 0 Å². The van der Waals surface area contributed by atoms with Crippen LogP contribution in [0.15, 0.2) is 12.2 Å². The van der Waals surface area contributed by atoms with Gasteiger partial charge in [0.2, 0.25) is 0 Å². The number of allylic oxidation sites excluding steroid dienone is 1. The van der Waals surface area contributed by atoms with E-state index in [2.05, 4.69) is 51.0 Å². The van der Waals surface area contributed by atoms with Gasteiger partial charge in [-0.05, 0) is 24.8 Å². The molecule has 0 saturated carbocycles. The lowest BCUT2D eigenvalue weighted by Crippen LogP contribution is -2.17. The molecule has 0 aliphatic carbocycles. The summed E-state index contributed by atoms with van der Waals surface area (Å²) in [7, 11) is -1.37. The molecule has 0 aromatic rings. The Morgan fingerprint density at radius 1 is 0.769 bits per heavy atom. The number of rotatable bonds is 15. The second-order valence-electron chi connectivity index (χ2n) is 9.25. The summed E-state index contributed by atoms with van der Waals surface area (Å²) < 4.78 is 0. The monoisotopic (exact) mass is 378 g/mol. The Labute approximate surface area is 166 Å². The van der Waals surface area contributed by atoms with Crippen molar-refractivity contribution in [2.45, 2.75) is 123 Å². The predicted molar refractivity (Wildman–Crippen MR) is 121 cm³/mol. The number of aliphatic hydroxyl groups is 1. The lowest BCUT2D eigenvalue weighted by atomic mass is 10.0. The Morgan fingerprint density at radius 3 is 1.69 bits per heavy atom. The van der Waals surface area contributed by atoms with Crippen LogP contribution in [0.4, 0.5) is 0 Å². The normalized spacial score (nSPS) is 13.2. The molecule has 0 radical (unpaired) electrons. The van der Waals surface area contributed by atoms with Crippen molar-refractivity contribution in [3.8, 4) is 11.5 Å². The molecule has 0 fully saturated rings. The molecule has 0 saturated heterocycles. The van der Waals surface area contributed by atoms with E-state index in [1.807, 2.05) is 6.08 Å². The Bertz CT molecular complexity index is 395. The van der Waals surface area contributed by atoms with Gasteiger partial charge in [0.1, 0.15) is 14.2 Å². The first-order valence-corrected chi connectivity index (χ1v) is 14.7. The van der Waals surface area contributed by atoms with E-state index in [9.17, 15) is 5.11 Å². The lowest BCUT2D eigenvalue weighted by Gasteiger charge is -2.05. The second kappa shape index (κ2) is 16.6. The van der Waals surface area contributed by atoms with Crippen molar-refractivity contribution >= 4 is 8.07 Å². The van der Waals surface area contributed by atoms with Crippen molar-refractivity contribution in [2.24, 2.45) is 5.92 Å². The Balaban J connectivity index is 3.33. The summed E-state index contributed by atoms with van der Waals surface area (Å²) in [4.78, 5) is 0. The maximum absolute atomic E-state index is 9.79. The Kier molecular flexibility index (Phi) is 16.3. The average Bonchev–Trinajstić information content (AvgIpc) is 2.55.